The van der Waals surface area contributed by atoms with Crippen LogP contribution in [0.3, 0.4) is 0 Å². The number of ether oxygens (including phenoxy) is 2. The molecule has 246 valence electrons. The van der Waals surface area contributed by atoms with Gasteiger partial charge in [0.1, 0.15) is 11.6 Å². The van der Waals surface area contributed by atoms with E-state index in [1.807, 2.05) is 37.3 Å². The minimum absolute atomic E-state index is 0.0782. The Morgan fingerprint density at radius 2 is 1.76 bits per heavy atom. The molecule has 5 rings (SSSR count). The summed E-state index contributed by atoms with van der Waals surface area (Å²) in [6.07, 6.45) is 7.16. The van der Waals surface area contributed by atoms with Crippen LogP contribution in [-0.4, -0.2) is 120 Å². The second-order valence-electron chi connectivity index (χ2n) is 12.7. The topological polar surface area (TPSA) is 103 Å². The first kappa shape index (κ1) is 33.3. The van der Waals surface area contributed by atoms with E-state index in [-0.39, 0.29) is 24.3 Å². The van der Waals surface area contributed by atoms with Crippen LogP contribution < -0.4 is 4.90 Å². The normalized spacial score (nSPS) is 29.1. The van der Waals surface area contributed by atoms with Crippen molar-refractivity contribution in [2.24, 2.45) is 11.8 Å². The molecule has 4 aliphatic heterocycles. The van der Waals surface area contributed by atoms with E-state index in [0.29, 0.717) is 78.0 Å². The fourth-order valence-corrected chi connectivity index (χ4v) is 8.12. The number of amides is 3. The number of carbonyl (C=O) groups is 3. The van der Waals surface area contributed by atoms with Crippen LogP contribution in [0.1, 0.15) is 45.4 Å². The molecular weight excluding hydrogens is 572 g/mol. The Hall–Kier alpha value is -3.05. The van der Waals surface area contributed by atoms with Crippen molar-refractivity contribution < 1.29 is 29.0 Å². The Kier molecular flexibility index (Phi) is 10.8. The van der Waals surface area contributed by atoms with Crippen LogP contribution in [0, 0.1) is 11.8 Å². The maximum Gasteiger partial charge on any atom is 0.248 e. The van der Waals surface area contributed by atoms with Crippen molar-refractivity contribution in [3.8, 4) is 0 Å². The molecule has 5 atom stereocenters. The van der Waals surface area contributed by atoms with Gasteiger partial charge in [0.25, 0.3) is 0 Å². The second kappa shape index (κ2) is 14.6. The number of likely N-dealkylation sites (tertiary alicyclic amines) is 1. The van der Waals surface area contributed by atoms with Gasteiger partial charge in [0.2, 0.25) is 17.7 Å². The number of anilines is 1. The monoisotopic (exact) mass is 622 g/mol. The molecule has 2 bridgehead atoms. The molecule has 4 aliphatic rings. The van der Waals surface area contributed by atoms with Gasteiger partial charge in [0.05, 0.1) is 30.7 Å². The number of fused-ring (bicyclic) bond motifs is 1. The highest BCUT2D eigenvalue weighted by atomic mass is 16.5. The molecule has 0 aliphatic carbocycles. The fraction of sp³-hybridized carbons (Fsp3) is 0.629. The molecule has 4 fully saturated rings. The van der Waals surface area contributed by atoms with Crippen molar-refractivity contribution in [2.45, 2.75) is 62.7 Å². The molecule has 1 N–H and O–H groups in total. The van der Waals surface area contributed by atoms with E-state index in [9.17, 15) is 19.5 Å². The highest BCUT2D eigenvalue weighted by Gasteiger charge is 2.79. The number of para-hydroxylation sites is 1. The van der Waals surface area contributed by atoms with Gasteiger partial charge >= 0.3 is 0 Å². The average Bonchev–Trinajstić information content (AvgIpc) is 3.67. The number of carbonyl (C=O) groups excluding carboxylic acids is 3. The fourth-order valence-electron chi connectivity index (χ4n) is 8.12. The zero-order valence-electron chi connectivity index (χ0n) is 26.8. The van der Waals surface area contributed by atoms with Gasteiger partial charge in [-0.05, 0) is 50.7 Å². The first-order valence-corrected chi connectivity index (χ1v) is 16.7. The lowest BCUT2D eigenvalue weighted by Crippen LogP contribution is -2.57. The summed E-state index contributed by atoms with van der Waals surface area (Å²) in [6, 6.07) is 8.64. The number of rotatable bonds is 16. The summed E-state index contributed by atoms with van der Waals surface area (Å²) < 4.78 is 12.5. The van der Waals surface area contributed by atoms with E-state index in [1.54, 1.807) is 26.9 Å². The summed E-state index contributed by atoms with van der Waals surface area (Å²) in [5.74, 6) is -1.96. The maximum absolute atomic E-state index is 14.7. The minimum Gasteiger partial charge on any atom is -0.396 e. The quantitative estimate of drug-likeness (QED) is 0.224. The Labute approximate surface area is 267 Å². The third-order valence-electron chi connectivity index (χ3n) is 10.3. The molecule has 1 aromatic carbocycles. The summed E-state index contributed by atoms with van der Waals surface area (Å²) >= 11 is 0. The number of hydrogen-bond acceptors (Lipinski definition) is 7. The number of nitrogens with zero attached hydrogens (tertiary/aromatic N) is 4. The zero-order chi connectivity index (χ0) is 32.0. The van der Waals surface area contributed by atoms with Gasteiger partial charge in [-0.3, -0.25) is 19.3 Å². The van der Waals surface area contributed by atoms with E-state index in [0.717, 1.165) is 25.2 Å². The SMILES string of the molecule is C=CCN(CCN1CCOCC1)C(=O)C1N(CCCCCO)C(=O)[C@@H]2[C@H](C(=O)N(CC=C)c3ccccc3)[C@]3(CC)CCC12O3. The van der Waals surface area contributed by atoms with E-state index in [4.69, 9.17) is 9.47 Å². The second-order valence-corrected chi connectivity index (χ2v) is 12.7. The smallest absolute Gasteiger partial charge is 0.248 e. The predicted octanol–water partition coefficient (Wildman–Crippen LogP) is 2.87. The Morgan fingerprint density at radius 3 is 2.42 bits per heavy atom. The third-order valence-corrected chi connectivity index (χ3v) is 10.3. The summed E-state index contributed by atoms with van der Waals surface area (Å²) in [5.41, 5.74) is -1.18. The molecule has 0 radical (unpaired) electrons. The first-order chi connectivity index (χ1) is 21.9. The minimum atomic E-state index is -1.09. The van der Waals surface area contributed by atoms with E-state index in [2.05, 4.69) is 18.1 Å². The van der Waals surface area contributed by atoms with Gasteiger partial charge in [0.15, 0.2) is 0 Å². The number of hydrogen-bond donors (Lipinski definition) is 1. The van der Waals surface area contributed by atoms with Crippen molar-refractivity contribution in [2.75, 3.05) is 70.5 Å². The Balaban J connectivity index is 1.50. The van der Waals surface area contributed by atoms with Gasteiger partial charge in [-0.1, -0.05) is 37.3 Å². The van der Waals surface area contributed by atoms with Crippen LogP contribution in [0.4, 0.5) is 5.69 Å². The third kappa shape index (κ3) is 6.22. The number of morpholine rings is 1. The molecule has 2 unspecified atom stereocenters. The lowest BCUT2D eigenvalue weighted by Gasteiger charge is -2.37. The standard InChI is InChI=1S/C35H50N4O6/c1-4-17-37(21-20-36-22-25-44-26-23-36)33(43)30-35-16-15-34(6-3,45-35)28(29(35)32(42)39(30)19-11-8-12-24-40)31(41)38(18-5-2)27-13-9-7-10-14-27/h4-5,7,9-10,13-14,28-30,40H,1-2,6,8,11-12,15-26H2,3H3/t28-,29+,30?,34+,35?/m1/s1. The predicted molar refractivity (Wildman–Crippen MR) is 173 cm³/mol. The number of benzene rings is 1. The highest BCUT2D eigenvalue weighted by Crippen LogP contribution is 2.64. The Bertz CT molecular complexity index is 1220. The lowest BCUT2D eigenvalue weighted by molar-refractivity contribution is -0.152. The first-order valence-electron chi connectivity index (χ1n) is 16.7. The van der Waals surface area contributed by atoms with Crippen LogP contribution in [0.2, 0.25) is 0 Å². The molecule has 1 spiro atoms. The molecule has 4 saturated heterocycles. The summed E-state index contributed by atoms with van der Waals surface area (Å²) in [4.78, 5) is 51.5. The molecule has 0 aromatic heterocycles. The number of unbranched alkanes of at least 4 members (excludes halogenated alkanes) is 2. The summed E-state index contributed by atoms with van der Waals surface area (Å²) in [5, 5.41) is 9.37. The van der Waals surface area contributed by atoms with Gasteiger partial charge < -0.3 is 29.3 Å². The number of aliphatic hydroxyl groups excluding tert-OH is 1. The molecule has 45 heavy (non-hydrogen) atoms. The molecule has 0 saturated carbocycles. The lowest BCUT2D eigenvalue weighted by atomic mass is 9.64. The van der Waals surface area contributed by atoms with Gasteiger partial charge in [-0.25, -0.2) is 0 Å². The van der Waals surface area contributed by atoms with Crippen molar-refractivity contribution in [3.05, 3.63) is 55.6 Å². The average molecular weight is 623 g/mol. The van der Waals surface area contributed by atoms with Gasteiger partial charge in [-0.2, -0.15) is 0 Å². The zero-order valence-corrected chi connectivity index (χ0v) is 26.8. The van der Waals surface area contributed by atoms with Crippen molar-refractivity contribution in [3.63, 3.8) is 0 Å². The molecule has 4 heterocycles. The van der Waals surface area contributed by atoms with Crippen LogP contribution in [0.15, 0.2) is 55.6 Å². The van der Waals surface area contributed by atoms with Crippen molar-refractivity contribution in [1.29, 1.82) is 0 Å². The summed E-state index contributed by atoms with van der Waals surface area (Å²) in [6.45, 7) is 15.1. The van der Waals surface area contributed by atoms with Crippen LogP contribution in [0.25, 0.3) is 0 Å². The van der Waals surface area contributed by atoms with E-state index >= 15 is 0 Å². The maximum atomic E-state index is 14.7. The van der Waals surface area contributed by atoms with Gasteiger partial charge in [-0.15, -0.1) is 13.2 Å². The van der Waals surface area contributed by atoms with E-state index < -0.39 is 29.1 Å². The van der Waals surface area contributed by atoms with Crippen LogP contribution >= 0.6 is 0 Å². The molecule has 3 amide bonds. The van der Waals surface area contributed by atoms with Crippen LogP contribution in [-0.2, 0) is 23.9 Å². The molecular formula is C35H50N4O6. The highest BCUT2D eigenvalue weighted by molar-refractivity contribution is 6.03. The Morgan fingerprint density at radius 1 is 1.02 bits per heavy atom. The van der Waals surface area contributed by atoms with Crippen molar-refractivity contribution in [1.82, 2.24) is 14.7 Å². The molecule has 1 aromatic rings. The van der Waals surface area contributed by atoms with Gasteiger partial charge in [0, 0.05) is 58.1 Å². The molecule has 10 nitrogen and oxygen atoms in total. The van der Waals surface area contributed by atoms with Crippen LogP contribution in [0.5, 0.6) is 0 Å². The summed E-state index contributed by atoms with van der Waals surface area (Å²) in [7, 11) is 0. The number of aliphatic hydroxyl groups is 1. The van der Waals surface area contributed by atoms with Crippen molar-refractivity contribution >= 4 is 23.4 Å². The largest absolute Gasteiger partial charge is 0.396 e. The molecule has 10 heteroatoms. The van der Waals surface area contributed by atoms with E-state index in [1.165, 1.54) is 0 Å².